The van der Waals surface area contributed by atoms with Crippen LogP contribution in [0.15, 0.2) is 83.1 Å². The van der Waals surface area contributed by atoms with Crippen molar-refractivity contribution in [3.8, 4) is 5.75 Å². The Balaban J connectivity index is 1.66. The molecular weight excluding hydrogens is 420 g/mol. The van der Waals surface area contributed by atoms with Crippen LogP contribution >= 0.6 is 0 Å². The standard InChI is InChI=1S/C26H22N2O5/c1-2-32-17-11-9-16(10-12-17)24(29)22-23(20-14-27-21-8-4-3-7-19(20)21)28(26(31)25(22)30)15-18-6-5-13-33-18/h3-14,23,27,29H,2,15H2,1H3/b24-22+. The normalized spacial score (nSPS) is 17.7. The first kappa shape index (κ1) is 20.6. The van der Waals surface area contributed by atoms with Gasteiger partial charge in [-0.2, -0.15) is 0 Å². The number of ether oxygens (including phenoxy) is 1. The molecule has 1 amide bonds. The van der Waals surface area contributed by atoms with Gasteiger partial charge in [0.2, 0.25) is 0 Å². The highest BCUT2D eigenvalue weighted by Crippen LogP contribution is 2.42. The number of para-hydroxylation sites is 1. The van der Waals surface area contributed by atoms with Crippen LogP contribution in [-0.4, -0.2) is 33.3 Å². The molecule has 0 spiro atoms. The second-order valence-electron chi connectivity index (χ2n) is 7.75. The van der Waals surface area contributed by atoms with Crippen molar-refractivity contribution in [2.24, 2.45) is 0 Å². The third-order valence-electron chi connectivity index (χ3n) is 5.80. The maximum absolute atomic E-state index is 13.2. The molecule has 5 rings (SSSR count). The van der Waals surface area contributed by atoms with Crippen LogP contribution in [0.3, 0.4) is 0 Å². The zero-order chi connectivity index (χ0) is 22.9. The number of likely N-dealkylation sites (tertiary alicyclic amines) is 1. The number of furan rings is 1. The van der Waals surface area contributed by atoms with E-state index in [4.69, 9.17) is 9.15 Å². The van der Waals surface area contributed by atoms with Gasteiger partial charge in [0, 0.05) is 28.2 Å². The monoisotopic (exact) mass is 442 g/mol. The highest BCUT2D eigenvalue weighted by molar-refractivity contribution is 6.46. The maximum Gasteiger partial charge on any atom is 0.296 e. The first-order chi connectivity index (χ1) is 16.1. The summed E-state index contributed by atoms with van der Waals surface area (Å²) in [5.74, 6) is -0.450. The lowest BCUT2D eigenvalue weighted by Gasteiger charge is -2.24. The van der Waals surface area contributed by atoms with E-state index < -0.39 is 17.7 Å². The maximum atomic E-state index is 13.2. The Morgan fingerprint density at radius 2 is 1.88 bits per heavy atom. The minimum absolute atomic E-state index is 0.0421. The van der Waals surface area contributed by atoms with Crippen molar-refractivity contribution in [3.63, 3.8) is 0 Å². The van der Waals surface area contributed by atoms with Gasteiger partial charge in [0.15, 0.2) is 0 Å². The number of fused-ring (bicyclic) bond motifs is 1. The summed E-state index contributed by atoms with van der Waals surface area (Å²) in [5, 5.41) is 12.1. The Hall–Kier alpha value is -4.26. The van der Waals surface area contributed by atoms with Crippen LogP contribution in [0.2, 0.25) is 0 Å². The van der Waals surface area contributed by atoms with Crippen LogP contribution < -0.4 is 4.74 Å². The lowest BCUT2D eigenvalue weighted by molar-refractivity contribution is -0.140. The Morgan fingerprint density at radius 3 is 2.61 bits per heavy atom. The van der Waals surface area contributed by atoms with Gasteiger partial charge in [0.1, 0.15) is 17.3 Å². The van der Waals surface area contributed by atoms with Crippen LogP contribution in [0.1, 0.15) is 29.9 Å². The minimum atomic E-state index is -0.780. The van der Waals surface area contributed by atoms with E-state index in [1.807, 2.05) is 31.2 Å². The van der Waals surface area contributed by atoms with Crippen molar-refractivity contribution in [2.75, 3.05) is 6.61 Å². The second kappa shape index (κ2) is 8.35. The average molecular weight is 442 g/mol. The van der Waals surface area contributed by atoms with Crippen LogP contribution in [0.4, 0.5) is 0 Å². The number of hydrogen-bond acceptors (Lipinski definition) is 5. The van der Waals surface area contributed by atoms with Crippen LogP contribution in [0.25, 0.3) is 16.7 Å². The smallest absolute Gasteiger partial charge is 0.296 e. The summed E-state index contributed by atoms with van der Waals surface area (Å²) in [4.78, 5) is 31.0. The molecule has 4 aromatic rings. The Bertz CT molecular complexity index is 1350. The molecule has 1 aliphatic heterocycles. The van der Waals surface area contributed by atoms with Crippen molar-refractivity contribution >= 4 is 28.4 Å². The Labute approximate surface area is 189 Å². The number of aromatic nitrogens is 1. The molecule has 2 aromatic heterocycles. The van der Waals surface area contributed by atoms with E-state index in [1.54, 1.807) is 42.6 Å². The van der Waals surface area contributed by atoms with E-state index in [0.717, 1.165) is 16.5 Å². The zero-order valence-corrected chi connectivity index (χ0v) is 17.9. The molecule has 3 heterocycles. The van der Waals surface area contributed by atoms with Gasteiger partial charge in [-0.1, -0.05) is 18.2 Å². The van der Waals surface area contributed by atoms with E-state index >= 15 is 0 Å². The number of amides is 1. The zero-order valence-electron chi connectivity index (χ0n) is 17.9. The van der Waals surface area contributed by atoms with E-state index in [9.17, 15) is 14.7 Å². The molecule has 2 N–H and O–H groups in total. The van der Waals surface area contributed by atoms with Crippen molar-refractivity contribution in [3.05, 3.63) is 95.6 Å². The molecule has 0 radical (unpaired) electrons. The summed E-state index contributed by atoms with van der Waals surface area (Å²) >= 11 is 0. The highest BCUT2D eigenvalue weighted by Gasteiger charge is 2.47. The summed E-state index contributed by atoms with van der Waals surface area (Å²) in [5.41, 5.74) is 2.07. The van der Waals surface area contributed by atoms with E-state index in [2.05, 4.69) is 4.98 Å². The van der Waals surface area contributed by atoms with Crippen molar-refractivity contribution in [2.45, 2.75) is 19.5 Å². The summed E-state index contributed by atoms with van der Waals surface area (Å²) in [6.45, 7) is 2.50. The number of hydrogen-bond donors (Lipinski definition) is 2. The molecule has 1 atom stereocenters. The van der Waals surface area contributed by atoms with E-state index in [1.165, 1.54) is 11.2 Å². The number of aromatic amines is 1. The molecule has 7 nitrogen and oxygen atoms in total. The number of rotatable bonds is 6. The predicted octanol–water partition coefficient (Wildman–Crippen LogP) is 4.78. The van der Waals surface area contributed by atoms with Gasteiger partial charge in [-0.05, 0) is 49.4 Å². The first-order valence-electron chi connectivity index (χ1n) is 10.7. The van der Waals surface area contributed by atoms with Crippen molar-refractivity contribution in [1.29, 1.82) is 0 Å². The molecule has 33 heavy (non-hydrogen) atoms. The van der Waals surface area contributed by atoms with Gasteiger partial charge in [-0.15, -0.1) is 0 Å². The molecular formula is C26H22N2O5. The fourth-order valence-electron chi connectivity index (χ4n) is 4.29. The van der Waals surface area contributed by atoms with Crippen LogP contribution in [0.5, 0.6) is 5.75 Å². The number of benzene rings is 2. The molecule has 1 saturated heterocycles. The average Bonchev–Trinajstić information content (AvgIpc) is 3.55. The molecule has 0 bridgehead atoms. The number of ketones is 1. The predicted molar refractivity (Wildman–Crippen MR) is 122 cm³/mol. The van der Waals surface area contributed by atoms with E-state index in [0.29, 0.717) is 23.7 Å². The Morgan fingerprint density at radius 1 is 1.09 bits per heavy atom. The SMILES string of the molecule is CCOc1ccc(/C(O)=C2\C(=O)C(=O)N(Cc3ccco3)C2c2c[nH]c3ccccc23)cc1. The van der Waals surface area contributed by atoms with Gasteiger partial charge < -0.3 is 24.1 Å². The minimum Gasteiger partial charge on any atom is -0.507 e. The number of aliphatic hydroxyl groups excluding tert-OH is 1. The first-order valence-corrected chi connectivity index (χ1v) is 10.7. The number of Topliss-reactive ketones (excluding diaryl/α,β-unsaturated/α-hetero) is 1. The number of aliphatic hydroxyl groups is 1. The number of carbonyl (C=O) groups excluding carboxylic acids is 2. The van der Waals surface area contributed by atoms with Gasteiger partial charge in [-0.3, -0.25) is 9.59 Å². The third kappa shape index (κ3) is 3.57. The van der Waals surface area contributed by atoms with Gasteiger partial charge in [-0.25, -0.2) is 0 Å². The molecule has 0 aliphatic carbocycles. The fraction of sp³-hybridized carbons (Fsp3) is 0.154. The van der Waals surface area contributed by atoms with Crippen LogP contribution in [0, 0.1) is 0 Å². The number of H-pyrrole nitrogens is 1. The highest BCUT2D eigenvalue weighted by atomic mass is 16.5. The molecule has 1 unspecified atom stereocenters. The summed E-state index contributed by atoms with van der Waals surface area (Å²) < 4.78 is 10.9. The largest absolute Gasteiger partial charge is 0.507 e. The summed E-state index contributed by atoms with van der Waals surface area (Å²) in [7, 11) is 0. The fourth-order valence-corrected chi connectivity index (χ4v) is 4.29. The quantitative estimate of drug-likeness (QED) is 0.255. The number of nitrogens with zero attached hydrogens (tertiary/aromatic N) is 1. The summed E-state index contributed by atoms with van der Waals surface area (Å²) in [6, 6.07) is 17.1. The topological polar surface area (TPSA) is 95.8 Å². The van der Waals surface area contributed by atoms with Gasteiger partial charge in [0.25, 0.3) is 11.7 Å². The lowest BCUT2D eigenvalue weighted by atomic mass is 9.95. The van der Waals surface area contributed by atoms with Gasteiger partial charge >= 0.3 is 0 Å². The van der Waals surface area contributed by atoms with Crippen molar-refractivity contribution in [1.82, 2.24) is 9.88 Å². The lowest BCUT2D eigenvalue weighted by Crippen LogP contribution is -2.29. The molecule has 166 valence electrons. The van der Waals surface area contributed by atoms with E-state index in [-0.39, 0.29) is 17.9 Å². The molecule has 0 saturated carbocycles. The molecule has 7 heteroatoms. The summed E-state index contributed by atoms with van der Waals surface area (Å²) in [6.07, 6.45) is 3.30. The second-order valence-corrected chi connectivity index (χ2v) is 7.75. The van der Waals surface area contributed by atoms with Crippen LogP contribution in [-0.2, 0) is 16.1 Å². The number of nitrogens with one attached hydrogen (secondary N) is 1. The number of carbonyl (C=O) groups is 2. The van der Waals surface area contributed by atoms with Gasteiger partial charge in [0.05, 0.1) is 31.0 Å². The molecule has 2 aromatic carbocycles. The molecule has 1 fully saturated rings. The van der Waals surface area contributed by atoms with Crippen molar-refractivity contribution < 1.29 is 23.8 Å². The third-order valence-corrected chi connectivity index (χ3v) is 5.80. The Kier molecular flexibility index (Phi) is 5.22. The molecule has 1 aliphatic rings.